The predicted molar refractivity (Wildman–Crippen MR) is 69.2 cm³/mol. The van der Waals surface area contributed by atoms with Crippen LogP contribution in [0.2, 0.25) is 0 Å². The Bertz CT molecular complexity index is 386. The molecular weight excluding hydrogens is 266 g/mol. The normalized spacial score (nSPS) is 29.9. The van der Waals surface area contributed by atoms with Crippen LogP contribution in [-0.4, -0.2) is 15.8 Å². The number of aryl methyl sites for hydroxylation is 2. The van der Waals surface area contributed by atoms with Gasteiger partial charge in [0.25, 0.3) is 0 Å². The number of halogens is 1. The first-order valence-electron chi connectivity index (χ1n) is 5.94. The Hall–Kier alpha value is -0.350. The molecule has 0 spiro atoms. The Balaban J connectivity index is 2.15. The van der Waals surface area contributed by atoms with Crippen LogP contribution in [0.15, 0.2) is 4.47 Å². The van der Waals surface area contributed by atoms with Crippen molar-refractivity contribution in [2.24, 2.45) is 24.6 Å². The van der Waals surface area contributed by atoms with Gasteiger partial charge in [0.05, 0.1) is 15.9 Å². The number of nitrogens with zero attached hydrogens (tertiary/aromatic N) is 2. The fourth-order valence-electron chi connectivity index (χ4n) is 2.72. The number of rotatable bonds is 2. The summed E-state index contributed by atoms with van der Waals surface area (Å²) in [4.78, 5) is 0. The summed E-state index contributed by atoms with van der Waals surface area (Å²) in [6.45, 7) is 4.32. The highest BCUT2D eigenvalue weighted by molar-refractivity contribution is 9.10. The number of aromatic nitrogens is 2. The van der Waals surface area contributed by atoms with Crippen molar-refractivity contribution in [3.05, 3.63) is 15.9 Å². The van der Waals surface area contributed by atoms with Crippen LogP contribution < -0.4 is 5.73 Å². The molecule has 0 aliphatic heterocycles. The van der Waals surface area contributed by atoms with Gasteiger partial charge in [-0.3, -0.25) is 4.68 Å². The first-order valence-corrected chi connectivity index (χ1v) is 6.73. The quantitative estimate of drug-likeness (QED) is 0.907. The molecule has 0 amide bonds. The maximum Gasteiger partial charge on any atom is 0.0738 e. The summed E-state index contributed by atoms with van der Waals surface area (Å²) >= 11 is 3.63. The van der Waals surface area contributed by atoms with Crippen LogP contribution in [0.1, 0.15) is 31.2 Å². The van der Waals surface area contributed by atoms with Gasteiger partial charge < -0.3 is 5.73 Å². The molecule has 1 fully saturated rings. The van der Waals surface area contributed by atoms with Gasteiger partial charge in [-0.05, 0) is 54.0 Å². The highest BCUT2D eigenvalue weighted by Crippen LogP contribution is 2.35. The lowest BCUT2D eigenvalue weighted by Gasteiger charge is -2.18. The van der Waals surface area contributed by atoms with Gasteiger partial charge in [-0.15, -0.1) is 0 Å². The van der Waals surface area contributed by atoms with Crippen LogP contribution in [0.5, 0.6) is 0 Å². The summed E-state index contributed by atoms with van der Waals surface area (Å²) in [7, 11) is 2.02. The Kier molecular flexibility index (Phi) is 3.40. The van der Waals surface area contributed by atoms with Crippen LogP contribution in [0.25, 0.3) is 0 Å². The third-order valence-electron chi connectivity index (χ3n) is 4.01. The van der Waals surface area contributed by atoms with Crippen molar-refractivity contribution in [1.82, 2.24) is 9.78 Å². The standard InChI is InChI=1S/C12H20BrN3/c1-7-9(4-5-10(7)14)6-11-12(13)8(2)15-16(11)3/h7,9-10H,4-6,14H2,1-3H3. The highest BCUT2D eigenvalue weighted by atomic mass is 79.9. The third-order valence-corrected chi connectivity index (χ3v) is 5.04. The molecule has 1 aliphatic carbocycles. The maximum absolute atomic E-state index is 6.07. The summed E-state index contributed by atoms with van der Waals surface area (Å²) in [6, 6.07) is 0.387. The number of hydrogen-bond donors (Lipinski definition) is 1. The van der Waals surface area contributed by atoms with E-state index in [1.807, 2.05) is 18.7 Å². The van der Waals surface area contributed by atoms with E-state index in [0.29, 0.717) is 17.9 Å². The zero-order chi connectivity index (χ0) is 11.9. The summed E-state index contributed by atoms with van der Waals surface area (Å²) in [5.74, 6) is 1.34. The maximum atomic E-state index is 6.07. The zero-order valence-corrected chi connectivity index (χ0v) is 11.8. The average Bonchev–Trinajstić information content (AvgIpc) is 2.66. The van der Waals surface area contributed by atoms with Crippen molar-refractivity contribution >= 4 is 15.9 Å². The molecule has 2 N–H and O–H groups in total. The van der Waals surface area contributed by atoms with Crippen LogP contribution in [-0.2, 0) is 13.5 Å². The van der Waals surface area contributed by atoms with Gasteiger partial charge in [0.1, 0.15) is 0 Å². The SMILES string of the molecule is Cc1nn(C)c(CC2CCC(N)C2C)c1Br. The van der Waals surface area contributed by atoms with Gasteiger partial charge in [0, 0.05) is 13.1 Å². The first kappa shape index (κ1) is 12.1. The summed E-state index contributed by atoms with van der Waals surface area (Å²) in [6.07, 6.45) is 3.51. The van der Waals surface area contributed by atoms with E-state index in [1.54, 1.807) is 0 Å². The van der Waals surface area contributed by atoms with Gasteiger partial charge >= 0.3 is 0 Å². The Morgan fingerprint density at radius 3 is 2.62 bits per heavy atom. The van der Waals surface area contributed by atoms with Gasteiger partial charge in [0.15, 0.2) is 0 Å². The lowest BCUT2D eigenvalue weighted by atomic mass is 9.91. The number of hydrogen-bond acceptors (Lipinski definition) is 2. The molecule has 16 heavy (non-hydrogen) atoms. The molecule has 1 saturated carbocycles. The molecule has 1 aromatic rings. The predicted octanol–water partition coefficient (Wildman–Crippen LogP) is 2.41. The van der Waals surface area contributed by atoms with Gasteiger partial charge in [0.2, 0.25) is 0 Å². The molecule has 4 heteroatoms. The van der Waals surface area contributed by atoms with Gasteiger partial charge in [-0.25, -0.2) is 0 Å². The molecule has 0 saturated heterocycles. The zero-order valence-electron chi connectivity index (χ0n) is 10.2. The van der Waals surface area contributed by atoms with Gasteiger partial charge in [-0.1, -0.05) is 6.92 Å². The molecule has 90 valence electrons. The summed E-state index contributed by atoms with van der Waals surface area (Å²) < 4.78 is 3.17. The third kappa shape index (κ3) is 2.05. The molecule has 1 heterocycles. The lowest BCUT2D eigenvalue weighted by molar-refractivity contribution is 0.382. The van der Waals surface area contributed by atoms with Crippen molar-refractivity contribution in [3.8, 4) is 0 Å². The van der Waals surface area contributed by atoms with Crippen molar-refractivity contribution < 1.29 is 0 Å². The molecule has 0 radical (unpaired) electrons. The fourth-order valence-corrected chi connectivity index (χ4v) is 3.22. The Morgan fingerprint density at radius 1 is 1.50 bits per heavy atom. The van der Waals surface area contributed by atoms with E-state index in [9.17, 15) is 0 Å². The molecule has 0 bridgehead atoms. The number of nitrogens with two attached hydrogens (primary N) is 1. The molecule has 1 aromatic heterocycles. The van der Waals surface area contributed by atoms with Crippen LogP contribution >= 0.6 is 15.9 Å². The second-order valence-electron chi connectivity index (χ2n) is 5.03. The minimum atomic E-state index is 0.387. The van der Waals surface area contributed by atoms with E-state index in [4.69, 9.17) is 5.73 Å². The summed E-state index contributed by atoms with van der Waals surface area (Å²) in [5, 5.41) is 4.44. The van der Waals surface area contributed by atoms with E-state index in [2.05, 4.69) is 28.0 Å². The van der Waals surface area contributed by atoms with Crippen molar-refractivity contribution in [1.29, 1.82) is 0 Å². The second kappa shape index (κ2) is 4.49. The van der Waals surface area contributed by atoms with Crippen LogP contribution in [0, 0.1) is 18.8 Å². The second-order valence-corrected chi connectivity index (χ2v) is 5.83. The van der Waals surface area contributed by atoms with Crippen molar-refractivity contribution in [3.63, 3.8) is 0 Å². The Labute approximate surface area is 106 Å². The van der Waals surface area contributed by atoms with E-state index in [1.165, 1.54) is 23.0 Å². The molecule has 0 aromatic carbocycles. The van der Waals surface area contributed by atoms with Crippen molar-refractivity contribution in [2.45, 2.75) is 39.2 Å². The smallest absolute Gasteiger partial charge is 0.0738 e. The molecule has 3 nitrogen and oxygen atoms in total. The van der Waals surface area contributed by atoms with Crippen LogP contribution in [0.3, 0.4) is 0 Å². The van der Waals surface area contributed by atoms with E-state index >= 15 is 0 Å². The molecule has 3 atom stereocenters. The highest BCUT2D eigenvalue weighted by Gasteiger charge is 2.31. The van der Waals surface area contributed by atoms with E-state index in [0.717, 1.165) is 12.1 Å². The van der Waals surface area contributed by atoms with E-state index in [-0.39, 0.29) is 0 Å². The molecule has 2 rings (SSSR count). The topological polar surface area (TPSA) is 43.8 Å². The average molecular weight is 286 g/mol. The van der Waals surface area contributed by atoms with Gasteiger partial charge in [-0.2, -0.15) is 5.10 Å². The summed E-state index contributed by atoms with van der Waals surface area (Å²) in [5.41, 5.74) is 8.45. The van der Waals surface area contributed by atoms with Crippen LogP contribution in [0.4, 0.5) is 0 Å². The molecule has 1 aliphatic rings. The van der Waals surface area contributed by atoms with Crippen molar-refractivity contribution in [2.75, 3.05) is 0 Å². The van der Waals surface area contributed by atoms with E-state index < -0.39 is 0 Å². The minimum Gasteiger partial charge on any atom is -0.327 e. The fraction of sp³-hybridized carbons (Fsp3) is 0.750. The Morgan fingerprint density at radius 2 is 2.19 bits per heavy atom. The lowest BCUT2D eigenvalue weighted by Crippen LogP contribution is -2.26. The molecule has 3 unspecified atom stereocenters. The minimum absolute atomic E-state index is 0.387. The monoisotopic (exact) mass is 285 g/mol. The first-order chi connectivity index (χ1) is 7.50. The molecular formula is C12H20BrN3. The largest absolute Gasteiger partial charge is 0.327 e.